The highest BCUT2D eigenvalue weighted by atomic mass is 19.4. The van der Waals surface area contributed by atoms with Gasteiger partial charge >= 0.3 is 12.4 Å². The van der Waals surface area contributed by atoms with Gasteiger partial charge in [0.25, 0.3) is 0 Å². The van der Waals surface area contributed by atoms with Crippen LogP contribution in [0.25, 0.3) is 95.0 Å². The number of hydrogen-bond donors (Lipinski definition) is 0. The van der Waals surface area contributed by atoms with Gasteiger partial charge in [0.05, 0.1) is 45.4 Å². The number of nitrogens with zero attached hydrogens (tertiary/aromatic N) is 6. The van der Waals surface area contributed by atoms with Gasteiger partial charge in [-0.1, -0.05) is 103 Å². The van der Waals surface area contributed by atoms with Gasteiger partial charge in [0.2, 0.25) is 0 Å². The molecular formula is C55H30F6N6. The van der Waals surface area contributed by atoms with Gasteiger partial charge < -0.3 is 4.57 Å². The summed E-state index contributed by atoms with van der Waals surface area (Å²) in [6.07, 6.45) is -10.3. The predicted octanol–water partition coefficient (Wildman–Crippen LogP) is 14.8. The number of fused-ring (bicyclic) bond motifs is 3. The van der Waals surface area contributed by atoms with Gasteiger partial charge in [-0.25, -0.2) is 15.0 Å². The fraction of sp³-hybridized carbons (Fsp3) is 0.0364. The number of benzene rings is 8. The Morgan fingerprint density at radius 3 is 1.36 bits per heavy atom. The Morgan fingerprint density at radius 2 is 0.866 bits per heavy atom. The summed E-state index contributed by atoms with van der Waals surface area (Å²) in [7, 11) is 0. The smallest absolute Gasteiger partial charge is 0.309 e. The first kappa shape index (κ1) is 42.1. The molecule has 0 atom stereocenters. The minimum atomic E-state index is -5.21. The van der Waals surface area contributed by atoms with Crippen LogP contribution in [0.1, 0.15) is 22.3 Å². The molecule has 0 N–H and O–H groups in total. The quantitative estimate of drug-likeness (QED) is 0.149. The Hall–Kier alpha value is -8.87. The third-order valence-corrected chi connectivity index (χ3v) is 11.6. The highest BCUT2D eigenvalue weighted by Gasteiger charge is 2.39. The van der Waals surface area contributed by atoms with Gasteiger partial charge in [-0.05, 0) is 112 Å². The number of alkyl halides is 6. The second kappa shape index (κ2) is 16.6. The van der Waals surface area contributed by atoms with Crippen LogP contribution in [0.2, 0.25) is 0 Å². The Labute approximate surface area is 379 Å². The molecule has 0 aliphatic heterocycles. The maximum Gasteiger partial charge on any atom is 0.417 e. The monoisotopic (exact) mass is 888 g/mol. The zero-order valence-electron chi connectivity index (χ0n) is 34.8. The Balaban J connectivity index is 1.27. The Bertz CT molecular complexity index is 3470. The van der Waals surface area contributed by atoms with Crippen LogP contribution in [-0.2, 0) is 12.4 Å². The van der Waals surface area contributed by atoms with E-state index in [4.69, 9.17) is 15.0 Å². The van der Waals surface area contributed by atoms with E-state index in [0.29, 0.717) is 45.0 Å². The molecule has 0 radical (unpaired) electrons. The normalized spacial score (nSPS) is 11.7. The van der Waals surface area contributed by atoms with Gasteiger partial charge in [-0.3, -0.25) is 0 Å². The van der Waals surface area contributed by atoms with Crippen molar-refractivity contribution in [3.05, 3.63) is 204 Å². The minimum Gasteiger partial charge on any atom is -0.309 e. The van der Waals surface area contributed by atoms with E-state index in [1.165, 1.54) is 6.07 Å². The summed E-state index contributed by atoms with van der Waals surface area (Å²) in [4.78, 5) is 14.3. The van der Waals surface area contributed by atoms with Gasteiger partial charge in [0, 0.05) is 33.2 Å². The van der Waals surface area contributed by atoms with Gasteiger partial charge in [-0.15, -0.1) is 0 Å². The van der Waals surface area contributed by atoms with E-state index in [-0.39, 0.29) is 34.7 Å². The molecule has 0 saturated heterocycles. The number of nitriles is 2. The highest BCUT2D eigenvalue weighted by molar-refractivity contribution is 6.12. The molecule has 10 aromatic rings. The molecule has 10 rings (SSSR count). The zero-order chi connectivity index (χ0) is 46.5. The van der Waals surface area contributed by atoms with Crippen LogP contribution in [0.5, 0.6) is 0 Å². The Kier molecular flexibility index (Phi) is 10.4. The van der Waals surface area contributed by atoms with Crippen LogP contribution >= 0.6 is 0 Å². The summed E-state index contributed by atoms with van der Waals surface area (Å²) in [5.74, 6) is 0.466. The van der Waals surface area contributed by atoms with Crippen molar-refractivity contribution in [1.82, 2.24) is 19.5 Å². The summed E-state index contributed by atoms with van der Waals surface area (Å²) in [5, 5.41) is 20.9. The largest absolute Gasteiger partial charge is 0.417 e. The second-order valence-corrected chi connectivity index (χ2v) is 15.7. The molecule has 0 saturated carbocycles. The van der Waals surface area contributed by atoms with Crippen molar-refractivity contribution in [1.29, 1.82) is 10.5 Å². The first-order valence-corrected chi connectivity index (χ1v) is 20.8. The predicted molar refractivity (Wildman–Crippen MR) is 246 cm³/mol. The molecular weight excluding hydrogens is 859 g/mol. The van der Waals surface area contributed by atoms with Crippen LogP contribution in [0.3, 0.4) is 0 Å². The van der Waals surface area contributed by atoms with Crippen LogP contribution in [0, 0.1) is 22.7 Å². The van der Waals surface area contributed by atoms with Crippen molar-refractivity contribution in [3.63, 3.8) is 0 Å². The van der Waals surface area contributed by atoms with Crippen LogP contribution in [0.4, 0.5) is 26.3 Å². The van der Waals surface area contributed by atoms with E-state index < -0.39 is 29.0 Å². The molecule has 0 amide bonds. The Morgan fingerprint density at radius 1 is 0.388 bits per heavy atom. The van der Waals surface area contributed by atoms with E-state index in [1.54, 1.807) is 97.1 Å². The summed E-state index contributed by atoms with van der Waals surface area (Å²) in [5.41, 5.74) is 3.64. The van der Waals surface area contributed by atoms with Crippen LogP contribution < -0.4 is 0 Å². The van der Waals surface area contributed by atoms with Crippen molar-refractivity contribution < 1.29 is 26.3 Å². The molecule has 0 aliphatic carbocycles. The lowest BCUT2D eigenvalue weighted by molar-refractivity contribution is -0.142. The first-order valence-electron chi connectivity index (χ1n) is 20.8. The van der Waals surface area contributed by atoms with Crippen molar-refractivity contribution in [2.24, 2.45) is 0 Å². The lowest BCUT2D eigenvalue weighted by Crippen LogP contribution is -2.12. The molecule has 2 heterocycles. The first-order chi connectivity index (χ1) is 32.4. The van der Waals surface area contributed by atoms with E-state index in [2.05, 4.69) is 12.1 Å². The van der Waals surface area contributed by atoms with Gasteiger partial charge in [0.1, 0.15) is 0 Å². The lowest BCUT2D eigenvalue weighted by Gasteiger charge is -2.20. The van der Waals surface area contributed by atoms with E-state index in [0.717, 1.165) is 39.1 Å². The summed E-state index contributed by atoms with van der Waals surface area (Å²) in [6, 6.07) is 54.6. The van der Waals surface area contributed by atoms with Crippen molar-refractivity contribution in [3.8, 4) is 85.4 Å². The van der Waals surface area contributed by atoms with Crippen molar-refractivity contribution in [2.45, 2.75) is 12.4 Å². The highest BCUT2D eigenvalue weighted by Crippen LogP contribution is 2.45. The maximum atomic E-state index is 15.2. The molecule has 322 valence electrons. The van der Waals surface area contributed by atoms with Gasteiger partial charge in [0.15, 0.2) is 17.5 Å². The molecule has 67 heavy (non-hydrogen) atoms. The number of hydrogen-bond acceptors (Lipinski definition) is 5. The van der Waals surface area contributed by atoms with E-state index in [1.807, 2.05) is 65.2 Å². The summed E-state index contributed by atoms with van der Waals surface area (Å²) in [6.45, 7) is 0. The fourth-order valence-corrected chi connectivity index (χ4v) is 8.41. The fourth-order valence-electron chi connectivity index (χ4n) is 8.41. The average Bonchev–Trinajstić information content (AvgIpc) is 3.69. The lowest BCUT2D eigenvalue weighted by atomic mass is 9.92. The van der Waals surface area contributed by atoms with E-state index >= 15 is 13.2 Å². The molecule has 6 nitrogen and oxygen atoms in total. The number of halogens is 6. The molecule has 12 heteroatoms. The molecule has 0 aliphatic rings. The van der Waals surface area contributed by atoms with Crippen molar-refractivity contribution in [2.75, 3.05) is 0 Å². The van der Waals surface area contributed by atoms with Gasteiger partial charge in [-0.2, -0.15) is 36.9 Å². The third kappa shape index (κ3) is 8.02. The molecule has 0 bridgehead atoms. The molecule has 0 spiro atoms. The van der Waals surface area contributed by atoms with E-state index in [9.17, 15) is 23.7 Å². The third-order valence-electron chi connectivity index (χ3n) is 11.6. The number of rotatable bonds is 7. The van der Waals surface area contributed by atoms with Crippen LogP contribution in [-0.4, -0.2) is 19.5 Å². The topological polar surface area (TPSA) is 91.2 Å². The summed E-state index contributed by atoms with van der Waals surface area (Å²) < 4.78 is 89.8. The maximum absolute atomic E-state index is 15.2. The molecule has 2 aromatic heterocycles. The second-order valence-electron chi connectivity index (χ2n) is 15.7. The molecule has 0 unspecified atom stereocenters. The minimum absolute atomic E-state index is 0.00187. The average molecular weight is 889 g/mol. The van der Waals surface area contributed by atoms with Crippen molar-refractivity contribution >= 4 is 21.8 Å². The summed E-state index contributed by atoms with van der Waals surface area (Å²) >= 11 is 0. The van der Waals surface area contributed by atoms with Crippen LogP contribution in [0.15, 0.2) is 182 Å². The zero-order valence-corrected chi connectivity index (χ0v) is 34.8. The standard InChI is InChI=1S/C55H30F6N6/c56-54(57,58)41-19-21-43(48(29-41)55(59,60)61)45-30-42(20-22-44(45)53-65-51(35-11-3-1-4-12-35)64-52(66-53)36-13-5-2-6-14-36)67-49-23-17-39(37-15-7-9-33(25-37)31-62)27-46(49)47-28-40(18-24-50(47)67)38-16-8-10-34(26-38)32-63/h1-30H. The molecule has 0 fully saturated rings. The number of aromatic nitrogens is 4. The molecule has 8 aromatic carbocycles. The SMILES string of the molecule is N#Cc1cccc(-c2ccc3c(c2)c2cc(-c4cccc(C#N)c4)ccc2n3-c2ccc(-c3nc(-c4ccccc4)nc(-c4ccccc4)n3)c(-c3ccc(C(F)(F)F)cc3C(F)(F)F)c2)c1.